The van der Waals surface area contributed by atoms with Gasteiger partial charge < -0.3 is 19.8 Å². The third-order valence-corrected chi connectivity index (χ3v) is 5.17. The number of hydrogen-bond donors (Lipinski definition) is 2. The largest absolute Gasteiger partial charge is 0.491 e. The Morgan fingerprint density at radius 1 is 1.29 bits per heavy atom. The highest BCUT2D eigenvalue weighted by molar-refractivity contribution is 6.07. The molecule has 0 spiro atoms. The Bertz CT molecular complexity index is 981. The fourth-order valence-electron chi connectivity index (χ4n) is 3.54. The number of pyridine rings is 1. The van der Waals surface area contributed by atoms with Gasteiger partial charge in [-0.3, -0.25) is 14.2 Å². The minimum absolute atomic E-state index is 0.00497. The van der Waals surface area contributed by atoms with Gasteiger partial charge >= 0.3 is 0 Å². The van der Waals surface area contributed by atoms with E-state index in [9.17, 15) is 14.7 Å². The normalized spacial score (nSPS) is 19.9. The summed E-state index contributed by atoms with van der Waals surface area (Å²) in [6.07, 6.45) is 5.51. The number of amides is 1. The Kier molecular flexibility index (Phi) is 5.40. The number of nitrogens with zero attached hydrogens (tertiary/aromatic N) is 2. The van der Waals surface area contributed by atoms with Gasteiger partial charge in [-0.1, -0.05) is 19.1 Å². The molecule has 2 aromatic rings. The van der Waals surface area contributed by atoms with Crippen molar-refractivity contribution < 1.29 is 19.7 Å². The van der Waals surface area contributed by atoms with Gasteiger partial charge in [-0.05, 0) is 36.8 Å². The summed E-state index contributed by atoms with van der Waals surface area (Å²) in [6.45, 7) is 1.74. The maximum Gasteiger partial charge on any atom is 0.297 e. The fraction of sp³-hybridized carbons (Fsp3) is 0.333. The van der Waals surface area contributed by atoms with Crippen molar-refractivity contribution in [1.29, 1.82) is 0 Å². The first-order chi connectivity index (χ1) is 13.4. The van der Waals surface area contributed by atoms with Gasteiger partial charge in [0.2, 0.25) is 0 Å². The average molecular weight is 384 g/mol. The van der Waals surface area contributed by atoms with Crippen molar-refractivity contribution in [2.45, 2.75) is 18.9 Å². The maximum absolute atomic E-state index is 12.9. The molecular weight excluding hydrogens is 360 g/mol. The van der Waals surface area contributed by atoms with Crippen LogP contribution in [0.15, 0.2) is 53.5 Å². The number of aromatic nitrogens is 1. The summed E-state index contributed by atoms with van der Waals surface area (Å²) in [6, 6.07) is 8.37. The number of carbonyl (C=O) groups is 1. The van der Waals surface area contributed by atoms with E-state index in [0.29, 0.717) is 23.4 Å². The highest BCUT2D eigenvalue weighted by Gasteiger charge is 2.51. The molecule has 7 nitrogen and oxygen atoms in total. The third-order valence-electron chi connectivity index (χ3n) is 5.17. The predicted octanol–water partition coefficient (Wildman–Crippen LogP) is 1.58. The van der Waals surface area contributed by atoms with Gasteiger partial charge in [0.1, 0.15) is 0 Å². The Hall–Kier alpha value is -2.90. The molecule has 0 bridgehead atoms. The van der Waals surface area contributed by atoms with E-state index in [1.54, 1.807) is 62.7 Å². The van der Waals surface area contributed by atoms with Gasteiger partial charge in [0.05, 0.1) is 12.8 Å². The standard InChI is InChI=1S/C21H24N2O5/c1-14(7-4-5-12-24)21(27)16-13-15(9-10-17(16)22(2)20(21)26)23-11-6-8-18(28-3)19(23)25/h4,6-11,13-14,24,27H,5,12H2,1-3H3/b7-4+/t14-,21+/m1/s1. The number of aliphatic hydroxyl groups is 2. The molecule has 2 heterocycles. The molecule has 3 rings (SSSR count). The number of methoxy groups -OCH3 is 1. The summed E-state index contributed by atoms with van der Waals surface area (Å²) < 4.78 is 6.50. The first-order valence-corrected chi connectivity index (χ1v) is 9.04. The van der Waals surface area contributed by atoms with Crippen molar-refractivity contribution in [2.24, 2.45) is 5.92 Å². The number of likely N-dealkylation sites (N-methyl/N-ethyl adjacent to an activating group) is 1. The van der Waals surface area contributed by atoms with E-state index in [-0.39, 0.29) is 17.9 Å². The first kappa shape index (κ1) is 19.9. The van der Waals surface area contributed by atoms with Gasteiger partial charge in [0, 0.05) is 37.0 Å². The molecule has 0 unspecified atom stereocenters. The van der Waals surface area contributed by atoms with Crippen LogP contribution in [-0.2, 0) is 10.4 Å². The molecule has 1 aliphatic heterocycles. The number of benzene rings is 1. The molecule has 148 valence electrons. The molecule has 1 aliphatic rings. The van der Waals surface area contributed by atoms with Crippen LogP contribution in [0, 0.1) is 5.92 Å². The fourth-order valence-corrected chi connectivity index (χ4v) is 3.54. The van der Waals surface area contributed by atoms with Crippen molar-refractivity contribution in [3.63, 3.8) is 0 Å². The smallest absolute Gasteiger partial charge is 0.297 e. The zero-order chi connectivity index (χ0) is 20.5. The van der Waals surface area contributed by atoms with Crippen molar-refractivity contribution in [3.8, 4) is 11.4 Å². The van der Waals surface area contributed by atoms with Gasteiger partial charge in [-0.15, -0.1) is 0 Å². The van der Waals surface area contributed by atoms with Crippen LogP contribution in [0.2, 0.25) is 0 Å². The topological polar surface area (TPSA) is 92.0 Å². The lowest BCUT2D eigenvalue weighted by Crippen LogP contribution is -2.43. The molecular formula is C21H24N2O5. The van der Waals surface area contributed by atoms with Crippen LogP contribution in [0.25, 0.3) is 5.69 Å². The van der Waals surface area contributed by atoms with Crippen LogP contribution in [0.5, 0.6) is 5.75 Å². The lowest BCUT2D eigenvalue weighted by molar-refractivity contribution is -0.139. The Morgan fingerprint density at radius 3 is 2.71 bits per heavy atom. The highest BCUT2D eigenvalue weighted by atomic mass is 16.5. The van der Waals surface area contributed by atoms with Crippen molar-refractivity contribution >= 4 is 11.6 Å². The molecule has 1 aromatic carbocycles. The van der Waals surface area contributed by atoms with Crippen LogP contribution < -0.4 is 15.2 Å². The summed E-state index contributed by atoms with van der Waals surface area (Å²) in [4.78, 5) is 26.9. The second-order valence-electron chi connectivity index (χ2n) is 6.81. The monoisotopic (exact) mass is 384 g/mol. The van der Waals surface area contributed by atoms with E-state index in [0.717, 1.165) is 0 Å². The van der Waals surface area contributed by atoms with Crippen LogP contribution >= 0.6 is 0 Å². The quantitative estimate of drug-likeness (QED) is 0.738. The molecule has 0 radical (unpaired) electrons. The maximum atomic E-state index is 12.9. The molecule has 0 fully saturated rings. The van der Waals surface area contributed by atoms with Gasteiger partial charge in [-0.2, -0.15) is 0 Å². The lowest BCUT2D eigenvalue weighted by atomic mass is 9.82. The molecule has 0 saturated heterocycles. The SMILES string of the molecule is COc1cccn(-c2ccc3c(c2)[C@@](O)([C@H](C)/C=C/CCO)C(=O)N3C)c1=O. The number of ether oxygens (including phenoxy) is 1. The van der Waals surface area contributed by atoms with E-state index < -0.39 is 17.4 Å². The van der Waals surface area contributed by atoms with E-state index in [1.807, 2.05) is 0 Å². The first-order valence-electron chi connectivity index (χ1n) is 9.04. The molecule has 0 saturated carbocycles. The van der Waals surface area contributed by atoms with Gasteiger partial charge in [0.25, 0.3) is 11.5 Å². The summed E-state index contributed by atoms with van der Waals surface area (Å²) in [5, 5.41) is 20.3. The number of aliphatic hydroxyl groups excluding tert-OH is 1. The zero-order valence-corrected chi connectivity index (χ0v) is 16.1. The minimum Gasteiger partial charge on any atom is -0.491 e. The molecule has 0 aliphatic carbocycles. The Labute approximate surface area is 163 Å². The third kappa shape index (κ3) is 3.02. The summed E-state index contributed by atoms with van der Waals surface area (Å²) >= 11 is 0. The van der Waals surface area contributed by atoms with Crippen LogP contribution in [0.1, 0.15) is 18.9 Å². The molecule has 1 amide bonds. The second-order valence-corrected chi connectivity index (χ2v) is 6.81. The van der Waals surface area contributed by atoms with Gasteiger partial charge in [-0.25, -0.2) is 0 Å². The summed E-state index contributed by atoms with van der Waals surface area (Å²) in [7, 11) is 3.04. The average Bonchev–Trinajstić information content (AvgIpc) is 2.90. The molecule has 7 heteroatoms. The van der Waals surface area contributed by atoms with E-state index in [2.05, 4.69) is 0 Å². The second kappa shape index (κ2) is 7.61. The zero-order valence-electron chi connectivity index (χ0n) is 16.1. The minimum atomic E-state index is -1.76. The molecule has 2 atom stereocenters. The van der Waals surface area contributed by atoms with Crippen LogP contribution in [0.3, 0.4) is 0 Å². The predicted molar refractivity (Wildman–Crippen MR) is 106 cm³/mol. The van der Waals surface area contributed by atoms with E-state index >= 15 is 0 Å². The molecule has 1 aromatic heterocycles. The number of carbonyl (C=O) groups excluding carboxylic acids is 1. The number of rotatable bonds is 6. The summed E-state index contributed by atoms with van der Waals surface area (Å²) in [5.41, 5.74) is -0.533. The number of fused-ring (bicyclic) bond motifs is 1. The van der Waals surface area contributed by atoms with Crippen molar-refractivity contribution in [3.05, 3.63) is 64.6 Å². The van der Waals surface area contributed by atoms with Crippen molar-refractivity contribution in [1.82, 2.24) is 4.57 Å². The molecule has 28 heavy (non-hydrogen) atoms. The summed E-state index contributed by atoms with van der Waals surface area (Å²) in [5.74, 6) is -0.752. The van der Waals surface area contributed by atoms with Gasteiger partial charge in [0.15, 0.2) is 11.4 Å². The Morgan fingerprint density at radius 2 is 2.04 bits per heavy atom. The van der Waals surface area contributed by atoms with Crippen LogP contribution in [0.4, 0.5) is 5.69 Å². The van der Waals surface area contributed by atoms with Crippen molar-refractivity contribution in [2.75, 3.05) is 25.7 Å². The number of hydrogen-bond acceptors (Lipinski definition) is 5. The van der Waals surface area contributed by atoms with Crippen LogP contribution in [-0.4, -0.2) is 41.5 Å². The number of anilines is 1. The highest BCUT2D eigenvalue weighted by Crippen LogP contribution is 2.45. The van der Waals surface area contributed by atoms with E-state index in [1.165, 1.54) is 16.6 Å². The van der Waals surface area contributed by atoms with E-state index in [4.69, 9.17) is 9.84 Å². The lowest BCUT2D eigenvalue weighted by Gasteiger charge is -2.27. The Balaban J connectivity index is 2.13. The molecule has 2 N–H and O–H groups in total.